The van der Waals surface area contributed by atoms with Crippen LogP contribution in [0.3, 0.4) is 0 Å². The number of rotatable bonds is 7. The lowest BCUT2D eigenvalue weighted by atomic mass is 9.93. The smallest absolute Gasteiger partial charge is 0.312 e. The van der Waals surface area contributed by atoms with E-state index in [2.05, 4.69) is 6.58 Å². The summed E-state index contributed by atoms with van der Waals surface area (Å²) < 4.78 is 37.1. The summed E-state index contributed by atoms with van der Waals surface area (Å²) in [5.74, 6) is -0.946. The number of nitrogens with two attached hydrogens (primary N) is 1. The van der Waals surface area contributed by atoms with Crippen molar-refractivity contribution in [2.75, 3.05) is 0 Å². The molecular weight excluding hydrogens is 219 g/mol. The molecule has 0 heterocycles. The molecule has 0 aliphatic rings. The zero-order valence-electron chi connectivity index (χ0n) is 9.44. The number of allylic oxidation sites excluding steroid dienone is 1. The molecule has 0 aromatic heterocycles. The van der Waals surface area contributed by atoms with Gasteiger partial charge >= 0.3 is 6.18 Å². The van der Waals surface area contributed by atoms with Crippen LogP contribution in [0.1, 0.15) is 39.0 Å². The normalized spacial score (nSPS) is 15.6. The van der Waals surface area contributed by atoms with Gasteiger partial charge in [0.05, 0.1) is 0 Å². The van der Waals surface area contributed by atoms with Crippen LogP contribution >= 0.6 is 0 Å². The average Bonchev–Trinajstić information content (AvgIpc) is 2.15. The molecule has 0 rings (SSSR count). The molecule has 5 heteroatoms. The van der Waals surface area contributed by atoms with Gasteiger partial charge in [0.25, 0.3) is 0 Å². The van der Waals surface area contributed by atoms with Crippen LogP contribution in [0.5, 0.6) is 0 Å². The number of halogens is 3. The van der Waals surface area contributed by atoms with Crippen LogP contribution in [0, 0.1) is 0 Å². The molecule has 0 fully saturated rings. The van der Waals surface area contributed by atoms with Gasteiger partial charge < -0.3 is 5.73 Å². The van der Waals surface area contributed by atoms with Crippen LogP contribution in [0.4, 0.5) is 13.2 Å². The van der Waals surface area contributed by atoms with Gasteiger partial charge in [0.15, 0.2) is 11.3 Å². The fourth-order valence-corrected chi connectivity index (χ4v) is 1.17. The van der Waals surface area contributed by atoms with Gasteiger partial charge in [0.1, 0.15) is 0 Å². The topological polar surface area (TPSA) is 43.1 Å². The van der Waals surface area contributed by atoms with Crippen LogP contribution in [0.25, 0.3) is 0 Å². The average molecular weight is 237 g/mol. The van der Waals surface area contributed by atoms with Crippen molar-refractivity contribution >= 4 is 5.78 Å². The van der Waals surface area contributed by atoms with Gasteiger partial charge in [0, 0.05) is 6.42 Å². The van der Waals surface area contributed by atoms with E-state index in [1.807, 2.05) is 0 Å². The number of carbonyl (C=O) groups excluding carboxylic acids is 1. The van der Waals surface area contributed by atoms with E-state index in [0.29, 0.717) is 12.8 Å². The molecule has 94 valence electrons. The second-order valence-electron chi connectivity index (χ2n) is 4.01. The van der Waals surface area contributed by atoms with E-state index in [1.165, 1.54) is 0 Å². The summed E-state index contributed by atoms with van der Waals surface area (Å²) >= 11 is 0. The lowest BCUT2D eigenvalue weighted by molar-refractivity contribution is -0.186. The molecule has 0 saturated heterocycles. The van der Waals surface area contributed by atoms with Gasteiger partial charge in [0.2, 0.25) is 0 Å². The van der Waals surface area contributed by atoms with Gasteiger partial charge in [-0.2, -0.15) is 13.2 Å². The zero-order chi connectivity index (χ0) is 12.8. The van der Waals surface area contributed by atoms with Crippen molar-refractivity contribution < 1.29 is 18.0 Å². The van der Waals surface area contributed by atoms with E-state index >= 15 is 0 Å². The molecule has 0 aromatic carbocycles. The second kappa shape index (κ2) is 6.03. The predicted molar refractivity (Wildman–Crippen MR) is 56.9 cm³/mol. The van der Waals surface area contributed by atoms with Gasteiger partial charge in [-0.3, -0.25) is 4.79 Å². The van der Waals surface area contributed by atoms with Crippen LogP contribution in [0.2, 0.25) is 0 Å². The summed E-state index contributed by atoms with van der Waals surface area (Å²) in [4.78, 5) is 11.3. The van der Waals surface area contributed by atoms with E-state index in [4.69, 9.17) is 5.73 Å². The number of hydrogen-bond donors (Lipinski definition) is 1. The van der Waals surface area contributed by atoms with Crippen LogP contribution in [0.15, 0.2) is 12.7 Å². The summed E-state index contributed by atoms with van der Waals surface area (Å²) in [6.07, 6.45) is -0.252. The first-order valence-corrected chi connectivity index (χ1v) is 5.23. The number of carbonyl (C=O) groups is 1. The molecule has 0 amide bonds. The first-order valence-electron chi connectivity index (χ1n) is 5.23. The van der Waals surface area contributed by atoms with E-state index in [0.717, 1.165) is 19.8 Å². The molecule has 1 unspecified atom stereocenters. The van der Waals surface area contributed by atoms with Gasteiger partial charge in [-0.05, 0) is 26.2 Å². The third-order valence-corrected chi connectivity index (χ3v) is 2.48. The summed E-state index contributed by atoms with van der Waals surface area (Å²) in [5.41, 5.74) is 2.27. The molecule has 0 saturated carbocycles. The van der Waals surface area contributed by atoms with Crippen LogP contribution < -0.4 is 5.73 Å². The number of hydrogen-bond acceptors (Lipinski definition) is 2. The maximum absolute atomic E-state index is 12.4. The third kappa shape index (κ3) is 4.35. The molecule has 0 radical (unpaired) electrons. The highest BCUT2D eigenvalue weighted by Crippen LogP contribution is 2.29. The Labute approximate surface area is 93.7 Å². The minimum absolute atomic E-state index is 0.121. The Bertz CT molecular complexity index is 246. The molecule has 0 aliphatic heterocycles. The molecule has 0 bridgehead atoms. The van der Waals surface area contributed by atoms with Crippen molar-refractivity contribution in [2.45, 2.75) is 50.7 Å². The van der Waals surface area contributed by atoms with E-state index in [-0.39, 0.29) is 6.42 Å². The zero-order valence-corrected chi connectivity index (χ0v) is 9.44. The van der Waals surface area contributed by atoms with Crippen molar-refractivity contribution in [1.82, 2.24) is 0 Å². The Hall–Kier alpha value is -0.840. The first-order chi connectivity index (χ1) is 7.23. The highest BCUT2D eigenvalue weighted by atomic mass is 19.4. The standard InChI is InChI=1S/C11H18F3NO/c1-3-4-5-6-7-8-9(16)10(2,15)11(12,13)14/h3H,1,4-8,15H2,2H3. The van der Waals surface area contributed by atoms with Gasteiger partial charge in [-0.25, -0.2) is 0 Å². The summed E-state index contributed by atoms with van der Waals surface area (Å²) in [7, 11) is 0. The summed E-state index contributed by atoms with van der Waals surface area (Å²) in [6.45, 7) is 4.25. The van der Waals surface area contributed by atoms with Crippen LogP contribution in [-0.4, -0.2) is 17.5 Å². The molecule has 2 nitrogen and oxygen atoms in total. The fraction of sp³-hybridized carbons (Fsp3) is 0.727. The summed E-state index contributed by atoms with van der Waals surface area (Å²) in [6, 6.07) is 0. The quantitative estimate of drug-likeness (QED) is 0.546. The van der Waals surface area contributed by atoms with Crippen molar-refractivity contribution in [3.8, 4) is 0 Å². The third-order valence-electron chi connectivity index (χ3n) is 2.48. The Morgan fingerprint density at radius 3 is 2.31 bits per heavy atom. The molecule has 16 heavy (non-hydrogen) atoms. The highest BCUT2D eigenvalue weighted by molar-refractivity contribution is 5.88. The SMILES string of the molecule is C=CCCCCCC(=O)C(C)(N)C(F)(F)F. The maximum Gasteiger partial charge on any atom is 0.413 e. The van der Waals surface area contributed by atoms with Crippen molar-refractivity contribution in [3.05, 3.63) is 12.7 Å². The molecule has 0 spiro atoms. The monoisotopic (exact) mass is 237 g/mol. The lowest BCUT2D eigenvalue weighted by Gasteiger charge is -2.25. The minimum Gasteiger partial charge on any atom is -0.312 e. The number of ketones is 1. The molecule has 1 atom stereocenters. The Kier molecular flexibility index (Phi) is 5.72. The Balaban J connectivity index is 4.02. The van der Waals surface area contributed by atoms with Crippen molar-refractivity contribution in [2.24, 2.45) is 5.73 Å². The van der Waals surface area contributed by atoms with Crippen LogP contribution in [-0.2, 0) is 4.79 Å². The minimum atomic E-state index is -4.68. The predicted octanol–water partition coefficient (Wildman–Crippen LogP) is 2.97. The van der Waals surface area contributed by atoms with E-state index in [1.54, 1.807) is 6.08 Å². The van der Waals surface area contributed by atoms with Gasteiger partial charge in [-0.1, -0.05) is 12.5 Å². The Morgan fingerprint density at radius 2 is 1.88 bits per heavy atom. The maximum atomic E-state index is 12.4. The molecule has 2 N–H and O–H groups in total. The number of unbranched alkanes of at least 4 members (excludes halogenated alkanes) is 3. The van der Waals surface area contributed by atoms with Crippen molar-refractivity contribution in [1.29, 1.82) is 0 Å². The summed E-state index contributed by atoms with van der Waals surface area (Å²) in [5, 5.41) is 0. The van der Waals surface area contributed by atoms with Crippen molar-refractivity contribution in [3.63, 3.8) is 0 Å². The second-order valence-corrected chi connectivity index (χ2v) is 4.01. The lowest BCUT2D eigenvalue weighted by Crippen LogP contribution is -2.57. The molecular formula is C11H18F3NO. The number of Topliss-reactive ketones (excluding diaryl/α,β-unsaturated/α-hetero) is 1. The first kappa shape index (κ1) is 15.2. The van der Waals surface area contributed by atoms with E-state index < -0.39 is 17.5 Å². The number of alkyl halides is 3. The Morgan fingerprint density at radius 1 is 1.31 bits per heavy atom. The molecule has 0 aromatic rings. The largest absolute Gasteiger partial charge is 0.413 e. The fourth-order valence-electron chi connectivity index (χ4n) is 1.17. The van der Waals surface area contributed by atoms with E-state index in [9.17, 15) is 18.0 Å². The molecule has 0 aliphatic carbocycles. The highest BCUT2D eigenvalue weighted by Gasteiger charge is 2.52. The van der Waals surface area contributed by atoms with Gasteiger partial charge in [-0.15, -0.1) is 6.58 Å².